The van der Waals surface area contributed by atoms with Gasteiger partial charge in [0.05, 0.1) is 16.8 Å². The van der Waals surface area contributed by atoms with Gasteiger partial charge in [-0.2, -0.15) is 0 Å². The van der Waals surface area contributed by atoms with Crippen molar-refractivity contribution in [3.05, 3.63) is 52.0 Å². The molecule has 1 aliphatic rings. The highest BCUT2D eigenvalue weighted by Crippen LogP contribution is 2.32. The number of nitrogens with one attached hydrogen (secondary N) is 1. The second-order valence-electron chi connectivity index (χ2n) is 7.07. The van der Waals surface area contributed by atoms with Crippen LogP contribution in [-0.2, 0) is 24.2 Å². The lowest BCUT2D eigenvalue weighted by atomic mass is 9.87. The number of nitrogens with zero attached hydrogens (tertiary/aromatic N) is 1. The van der Waals surface area contributed by atoms with E-state index in [4.69, 9.17) is 9.26 Å². The van der Waals surface area contributed by atoms with E-state index in [1.54, 1.807) is 0 Å². The summed E-state index contributed by atoms with van der Waals surface area (Å²) in [6.07, 6.45) is 3.36. The van der Waals surface area contributed by atoms with Crippen molar-refractivity contribution in [1.29, 1.82) is 0 Å². The Hall–Kier alpha value is -2.56. The average molecular weight is 338 g/mol. The molecule has 0 saturated heterocycles. The molecule has 0 amide bonds. The van der Waals surface area contributed by atoms with Gasteiger partial charge in [-0.15, -0.1) is 0 Å². The van der Waals surface area contributed by atoms with Crippen LogP contribution in [0.2, 0.25) is 0 Å². The zero-order valence-corrected chi connectivity index (χ0v) is 14.8. The van der Waals surface area contributed by atoms with E-state index in [-0.39, 0.29) is 12.6 Å². The van der Waals surface area contributed by atoms with Crippen LogP contribution in [0.3, 0.4) is 0 Å². The van der Waals surface area contributed by atoms with Gasteiger partial charge in [-0.3, -0.25) is 0 Å². The molecular weight excluding hydrogens is 316 g/mol. The van der Waals surface area contributed by atoms with Crippen LogP contribution in [-0.4, -0.2) is 16.1 Å². The summed E-state index contributed by atoms with van der Waals surface area (Å²) < 4.78 is 10.6. The maximum absolute atomic E-state index is 12.5. The van der Waals surface area contributed by atoms with Crippen LogP contribution >= 0.6 is 0 Å². The number of carbonyl (C=O) groups excluding carboxylic acids is 1. The van der Waals surface area contributed by atoms with E-state index in [2.05, 4.69) is 17.1 Å². The van der Waals surface area contributed by atoms with E-state index in [9.17, 15) is 4.79 Å². The van der Waals surface area contributed by atoms with Gasteiger partial charge >= 0.3 is 5.97 Å². The molecule has 2 heterocycles. The van der Waals surface area contributed by atoms with Crippen LogP contribution in [0.4, 0.5) is 0 Å². The molecule has 3 aromatic rings. The molecule has 5 nitrogen and oxygen atoms in total. The molecule has 1 atom stereocenters. The number of fused-ring (bicyclic) bond motifs is 3. The predicted octanol–water partition coefficient (Wildman–Crippen LogP) is 4.25. The molecule has 2 aromatic heterocycles. The summed E-state index contributed by atoms with van der Waals surface area (Å²) in [4.78, 5) is 16.0. The van der Waals surface area contributed by atoms with Gasteiger partial charge in [0.2, 0.25) is 0 Å². The molecule has 0 spiro atoms. The van der Waals surface area contributed by atoms with E-state index in [0.717, 1.165) is 35.0 Å². The maximum Gasteiger partial charge on any atom is 0.338 e. The Labute approximate surface area is 146 Å². The van der Waals surface area contributed by atoms with Gasteiger partial charge in [0, 0.05) is 16.6 Å². The van der Waals surface area contributed by atoms with Crippen LogP contribution in [0.5, 0.6) is 0 Å². The molecule has 0 bridgehead atoms. The first-order chi connectivity index (χ1) is 12.0. The zero-order valence-electron chi connectivity index (χ0n) is 14.8. The van der Waals surface area contributed by atoms with Gasteiger partial charge in [-0.25, -0.2) is 4.79 Å². The monoisotopic (exact) mass is 338 g/mol. The molecule has 1 N–H and O–H groups in total. The summed E-state index contributed by atoms with van der Waals surface area (Å²) >= 11 is 0. The van der Waals surface area contributed by atoms with E-state index in [1.807, 2.05) is 32.0 Å². The molecule has 0 radical (unpaired) electrons. The van der Waals surface area contributed by atoms with Crippen molar-refractivity contribution in [1.82, 2.24) is 10.1 Å². The number of rotatable bonds is 3. The molecule has 25 heavy (non-hydrogen) atoms. The maximum atomic E-state index is 12.5. The first-order valence-corrected chi connectivity index (χ1v) is 8.75. The minimum absolute atomic E-state index is 0.181. The summed E-state index contributed by atoms with van der Waals surface area (Å²) in [5.74, 6) is 1.05. The van der Waals surface area contributed by atoms with Crippen molar-refractivity contribution < 1.29 is 14.1 Å². The number of benzene rings is 1. The van der Waals surface area contributed by atoms with Gasteiger partial charge in [0.25, 0.3) is 0 Å². The summed E-state index contributed by atoms with van der Waals surface area (Å²) in [7, 11) is 0. The Balaban J connectivity index is 1.58. The quantitative estimate of drug-likeness (QED) is 0.725. The molecule has 0 fully saturated rings. The van der Waals surface area contributed by atoms with Gasteiger partial charge in [0.15, 0.2) is 0 Å². The Morgan fingerprint density at radius 2 is 2.24 bits per heavy atom. The normalized spacial score (nSPS) is 16.8. The summed E-state index contributed by atoms with van der Waals surface area (Å²) in [6.45, 7) is 6.13. The summed E-state index contributed by atoms with van der Waals surface area (Å²) in [6, 6.07) is 5.76. The average Bonchev–Trinajstić information content (AvgIpc) is 3.12. The molecule has 4 rings (SSSR count). The number of hydrogen-bond donors (Lipinski definition) is 1. The number of aryl methyl sites for hydroxylation is 3. The van der Waals surface area contributed by atoms with Gasteiger partial charge in [0.1, 0.15) is 12.4 Å². The molecule has 130 valence electrons. The largest absolute Gasteiger partial charge is 0.457 e. The van der Waals surface area contributed by atoms with Crippen molar-refractivity contribution in [2.24, 2.45) is 5.92 Å². The van der Waals surface area contributed by atoms with Crippen LogP contribution < -0.4 is 0 Å². The highest BCUT2D eigenvalue weighted by Gasteiger charge is 2.21. The second kappa shape index (κ2) is 6.06. The first-order valence-electron chi connectivity index (χ1n) is 8.75. The fourth-order valence-corrected chi connectivity index (χ4v) is 3.65. The van der Waals surface area contributed by atoms with Crippen molar-refractivity contribution in [2.75, 3.05) is 0 Å². The Bertz CT molecular complexity index is 932. The van der Waals surface area contributed by atoms with Crippen molar-refractivity contribution >= 4 is 16.9 Å². The van der Waals surface area contributed by atoms with E-state index in [0.29, 0.717) is 17.2 Å². The van der Waals surface area contributed by atoms with Gasteiger partial charge in [-0.05, 0) is 62.8 Å². The van der Waals surface area contributed by atoms with Crippen LogP contribution in [0.15, 0.2) is 22.7 Å². The molecule has 0 unspecified atom stereocenters. The lowest BCUT2D eigenvalue weighted by Crippen LogP contribution is -2.10. The van der Waals surface area contributed by atoms with Crippen molar-refractivity contribution in [3.63, 3.8) is 0 Å². The molecule has 0 saturated carbocycles. The number of H-pyrrole nitrogens is 1. The minimum atomic E-state index is -0.319. The third kappa shape index (κ3) is 2.84. The molecule has 1 aromatic carbocycles. The number of ether oxygens (including phenoxy) is 1. The third-order valence-electron chi connectivity index (χ3n) is 5.20. The topological polar surface area (TPSA) is 68.1 Å². The van der Waals surface area contributed by atoms with Crippen LogP contribution in [0.25, 0.3) is 10.9 Å². The highest BCUT2D eigenvalue weighted by molar-refractivity contribution is 5.96. The van der Waals surface area contributed by atoms with Crippen molar-refractivity contribution in [3.8, 4) is 0 Å². The smallest absolute Gasteiger partial charge is 0.338 e. The highest BCUT2D eigenvalue weighted by atomic mass is 16.5. The zero-order chi connectivity index (χ0) is 17.6. The number of esters is 1. The molecule has 5 heteroatoms. The number of hydrogen-bond acceptors (Lipinski definition) is 4. The lowest BCUT2D eigenvalue weighted by Gasteiger charge is -2.18. The second-order valence-corrected chi connectivity index (χ2v) is 7.07. The van der Waals surface area contributed by atoms with Gasteiger partial charge in [-0.1, -0.05) is 12.1 Å². The molecule has 1 aliphatic carbocycles. The first kappa shape index (κ1) is 15.9. The Morgan fingerprint density at radius 1 is 1.40 bits per heavy atom. The van der Waals surface area contributed by atoms with Gasteiger partial charge < -0.3 is 14.2 Å². The number of aromatic nitrogens is 2. The number of aromatic amines is 1. The minimum Gasteiger partial charge on any atom is -0.457 e. The fraction of sp³-hybridized carbons (Fsp3) is 0.400. The molecule has 0 aliphatic heterocycles. The van der Waals surface area contributed by atoms with Crippen LogP contribution in [0, 0.1) is 19.8 Å². The van der Waals surface area contributed by atoms with E-state index >= 15 is 0 Å². The Kier molecular flexibility index (Phi) is 3.86. The predicted molar refractivity (Wildman–Crippen MR) is 94.6 cm³/mol. The summed E-state index contributed by atoms with van der Waals surface area (Å²) in [5, 5.41) is 5.03. The van der Waals surface area contributed by atoms with Crippen LogP contribution in [0.1, 0.15) is 52.0 Å². The standard InChI is InChI=1S/C20H22N2O3/c1-11-4-6-18-15(8-11)16-9-14(5-7-19(16)21-18)20(23)24-10-17-12(2)22-25-13(17)3/h5,7,9,11,21H,4,6,8,10H2,1-3H3/t11-/m1/s1. The fourth-order valence-electron chi connectivity index (χ4n) is 3.65. The number of carbonyl (C=O) groups is 1. The third-order valence-corrected chi connectivity index (χ3v) is 5.20. The van der Waals surface area contributed by atoms with Crippen molar-refractivity contribution in [2.45, 2.75) is 46.6 Å². The van der Waals surface area contributed by atoms with E-state index in [1.165, 1.54) is 17.7 Å². The lowest BCUT2D eigenvalue weighted by molar-refractivity contribution is 0.0471. The summed E-state index contributed by atoms with van der Waals surface area (Å²) in [5.41, 5.74) is 5.95. The Morgan fingerprint density at radius 3 is 3.00 bits per heavy atom. The SMILES string of the molecule is Cc1noc(C)c1COC(=O)c1ccc2[nH]c3c(c2c1)C[C@H](C)CC3. The molecular formula is C20H22N2O3. The van der Waals surface area contributed by atoms with E-state index < -0.39 is 0 Å².